The molecule has 0 aliphatic carbocycles. The van der Waals surface area contributed by atoms with Gasteiger partial charge in [0.2, 0.25) is 0 Å². The lowest BCUT2D eigenvalue weighted by atomic mass is 10.0. The average molecular weight is 264 g/mol. The van der Waals surface area contributed by atoms with Crippen LogP contribution in [0.4, 0.5) is 4.79 Å². The zero-order chi connectivity index (χ0) is 13.8. The number of carbonyl (C=O) groups excluding carboxylic acids is 1. The number of piperazine rings is 1. The van der Waals surface area contributed by atoms with Crippen LogP contribution in [0.5, 0.6) is 0 Å². The highest BCUT2D eigenvalue weighted by Gasteiger charge is 2.23. The fourth-order valence-electron chi connectivity index (χ4n) is 2.12. The van der Waals surface area contributed by atoms with Crippen LogP contribution in [0.25, 0.3) is 0 Å². The Morgan fingerprint density at radius 2 is 2.05 bits per heavy atom. The van der Waals surface area contributed by atoms with E-state index in [1.165, 1.54) is 12.0 Å². The van der Waals surface area contributed by atoms with E-state index < -0.39 is 6.09 Å². The molecule has 1 saturated heterocycles. The van der Waals surface area contributed by atoms with Gasteiger partial charge in [-0.15, -0.1) is 0 Å². The van der Waals surface area contributed by atoms with Crippen LogP contribution in [0.15, 0.2) is 24.3 Å². The number of methoxy groups -OCH3 is 1. The number of amides is 1. The minimum atomic E-state index is -0.905. The van der Waals surface area contributed by atoms with Crippen LogP contribution in [-0.2, 0) is 4.74 Å². The summed E-state index contributed by atoms with van der Waals surface area (Å²) in [7, 11) is 1.34. The molecule has 0 saturated carbocycles. The summed E-state index contributed by atoms with van der Waals surface area (Å²) >= 11 is 0. The van der Waals surface area contributed by atoms with Gasteiger partial charge in [-0.05, 0) is 17.7 Å². The first-order chi connectivity index (χ1) is 9.11. The van der Waals surface area contributed by atoms with E-state index in [0.29, 0.717) is 25.2 Å². The molecule has 6 nitrogen and oxygen atoms in total. The van der Waals surface area contributed by atoms with Crippen molar-refractivity contribution in [1.29, 1.82) is 0 Å². The molecule has 1 fully saturated rings. The first-order valence-corrected chi connectivity index (χ1v) is 6.01. The van der Waals surface area contributed by atoms with Crippen molar-refractivity contribution in [2.24, 2.45) is 0 Å². The molecule has 1 heterocycles. The van der Waals surface area contributed by atoms with E-state index in [4.69, 9.17) is 5.11 Å². The zero-order valence-corrected chi connectivity index (χ0v) is 10.6. The number of ether oxygens (including phenoxy) is 1. The third-order valence-corrected chi connectivity index (χ3v) is 3.18. The number of nitrogens with one attached hydrogen (secondary N) is 1. The van der Waals surface area contributed by atoms with Crippen molar-refractivity contribution < 1.29 is 19.4 Å². The fourth-order valence-corrected chi connectivity index (χ4v) is 2.12. The molecule has 1 amide bonds. The molecule has 1 aliphatic rings. The highest BCUT2D eigenvalue weighted by Crippen LogP contribution is 2.18. The smallest absolute Gasteiger partial charge is 0.407 e. The van der Waals surface area contributed by atoms with Gasteiger partial charge in [-0.1, -0.05) is 12.1 Å². The Labute approximate surface area is 111 Å². The first kappa shape index (κ1) is 13.4. The van der Waals surface area contributed by atoms with Crippen LogP contribution in [0.2, 0.25) is 0 Å². The molecule has 1 aliphatic heterocycles. The Morgan fingerprint density at radius 3 is 2.63 bits per heavy atom. The van der Waals surface area contributed by atoms with Crippen molar-refractivity contribution in [3.05, 3.63) is 35.4 Å². The van der Waals surface area contributed by atoms with Crippen molar-refractivity contribution in [2.75, 3.05) is 26.7 Å². The lowest BCUT2D eigenvalue weighted by Crippen LogP contribution is -2.47. The summed E-state index contributed by atoms with van der Waals surface area (Å²) in [5.41, 5.74) is 1.44. The Morgan fingerprint density at radius 1 is 1.37 bits per heavy atom. The van der Waals surface area contributed by atoms with Crippen molar-refractivity contribution in [2.45, 2.75) is 6.04 Å². The van der Waals surface area contributed by atoms with Crippen LogP contribution in [0.3, 0.4) is 0 Å². The summed E-state index contributed by atoms with van der Waals surface area (Å²) in [6, 6.07) is 6.95. The fraction of sp³-hybridized carbons (Fsp3) is 0.385. The molecule has 0 radical (unpaired) electrons. The molecule has 102 valence electrons. The number of rotatable bonds is 2. The number of carbonyl (C=O) groups is 2. The summed E-state index contributed by atoms with van der Waals surface area (Å²) in [6.45, 7) is 1.52. The number of benzene rings is 1. The van der Waals surface area contributed by atoms with Crippen molar-refractivity contribution in [3.63, 3.8) is 0 Å². The predicted octanol–water partition coefficient (Wildman–Crippen LogP) is 1.10. The van der Waals surface area contributed by atoms with Gasteiger partial charge in [0.15, 0.2) is 0 Å². The van der Waals surface area contributed by atoms with Gasteiger partial charge in [-0.25, -0.2) is 9.59 Å². The minimum absolute atomic E-state index is 0.0449. The molecule has 0 aromatic heterocycles. The maximum Gasteiger partial charge on any atom is 0.407 e. The maximum absolute atomic E-state index is 11.3. The third kappa shape index (κ3) is 3.03. The van der Waals surface area contributed by atoms with Crippen molar-refractivity contribution in [3.8, 4) is 0 Å². The van der Waals surface area contributed by atoms with Gasteiger partial charge in [0.1, 0.15) is 0 Å². The first-order valence-electron chi connectivity index (χ1n) is 6.01. The average Bonchev–Trinajstić information content (AvgIpc) is 2.46. The van der Waals surface area contributed by atoms with Gasteiger partial charge < -0.3 is 20.1 Å². The van der Waals surface area contributed by atoms with Crippen LogP contribution in [0.1, 0.15) is 22.0 Å². The molecule has 0 bridgehead atoms. The van der Waals surface area contributed by atoms with E-state index in [1.54, 1.807) is 12.1 Å². The minimum Gasteiger partial charge on any atom is -0.465 e. The molecule has 1 aromatic rings. The monoisotopic (exact) mass is 264 g/mol. The lowest BCUT2D eigenvalue weighted by molar-refractivity contribution is 0.0600. The number of carboxylic acid groups (broad SMARTS) is 1. The second-order valence-corrected chi connectivity index (χ2v) is 4.35. The van der Waals surface area contributed by atoms with Crippen LogP contribution < -0.4 is 5.32 Å². The lowest BCUT2D eigenvalue weighted by Gasteiger charge is -2.32. The van der Waals surface area contributed by atoms with Crippen LogP contribution >= 0.6 is 0 Å². The second-order valence-electron chi connectivity index (χ2n) is 4.35. The van der Waals surface area contributed by atoms with E-state index in [1.807, 2.05) is 12.1 Å². The van der Waals surface area contributed by atoms with Gasteiger partial charge >= 0.3 is 12.1 Å². The van der Waals surface area contributed by atoms with Crippen LogP contribution in [-0.4, -0.2) is 48.8 Å². The number of esters is 1. The van der Waals surface area contributed by atoms with Crippen molar-refractivity contribution in [1.82, 2.24) is 10.2 Å². The molecule has 0 unspecified atom stereocenters. The van der Waals surface area contributed by atoms with Crippen LogP contribution in [0, 0.1) is 0 Å². The van der Waals surface area contributed by atoms with Gasteiger partial charge in [-0.3, -0.25) is 0 Å². The summed E-state index contributed by atoms with van der Waals surface area (Å²) in [5, 5.41) is 12.3. The largest absolute Gasteiger partial charge is 0.465 e. The number of hydrogen-bond acceptors (Lipinski definition) is 4. The standard InChI is InChI=1S/C13H16N2O4/c1-19-12(16)10-4-2-9(3-5-10)11-8-15(13(17)18)7-6-14-11/h2-5,11,14H,6-8H2,1H3,(H,17,18)/t11-/m1/s1. The Hall–Kier alpha value is -2.08. The SMILES string of the molecule is COC(=O)c1ccc([C@H]2CN(C(=O)O)CCN2)cc1. The van der Waals surface area contributed by atoms with E-state index in [2.05, 4.69) is 10.1 Å². The molecule has 1 atom stereocenters. The van der Waals surface area contributed by atoms with E-state index in [0.717, 1.165) is 5.56 Å². The highest BCUT2D eigenvalue weighted by atomic mass is 16.5. The number of hydrogen-bond donors (Lipinski definition) is 2. The second kappa shape index (κ2) is 5.71. The molecular weight excluding hydrogens is 248 g/mol. The van der Waals surface area contributed by atoms with Gasteiger partial charge in [0.05, 0.1) is 18.7 Å². The van der Waals surface area contributed by atoms with E-state index in [9.17, 15) is 9.59 Å². The van der Waals surface area contributed by atoms with Gasteiger partial charge in [0, 0.05) is 19.6 Å². The zero-order valence-electron chi connectivity index (χ0n) is 10.6. The topological polar surface area (TPSA) is 78.9 Å². The molecular formula is C13H16N2O4. The van der Waals surface area contributed by atoms with E-state index in [-0.39, 0.29) is 12.0 Å². The highest BCUT2D eigenvalue weighted by molar-refractivity contribution is 5.89. The van der Waals surface area contributed by atoms with Gasteiger partial charge in [-0.2, -0.15) is 0 Å². The van der Waals surface area contributed by atoms with Crippen molar-refractivity contribution >= 4 is 12.1 Å². The normalized spacial score (nSPS) is 19.0. The number of nitrogens with zero attached hydrogens (tertiary/aromatic N) is 1. The summed E-state index contributed by atoms with van der Waals surface area (Å²) in [5.74, 6) is -0.379. The van der Waals surface area contributed by atoms with E-state index >= 15 is 0 Å². The molecule has 6 heteroatoms. The molecule has 19 heavy (non-hydrogen) atoms. The summed E-state index contributed by atoms with van der Waals surface area (Å²) in [4.78, 5) is 23.7. The van der Waals surface area contributed by atoms with Gasteiger partial charge in [0.25, 0.3) is 0 Å². The predicted molar refractivity (Wildman–Crippen MR) is 68.1 cm³/mol. The third-order valence-electron chi connectivity index (χ3n) is 3.18. The molecule has 2 rings (SSSR count). The maximum atomic E-state index is 11.3. The summed E-state index contributed by atoms with van der Waals surface area (Å²) < 4.78 is 4.63. The Balaban J connectivity index is 2.09. The Bertz CT molecular complexity index is 472. The quantitative estimate of drug-likeness (QED) is 0.782. The Kier molecular flexibility index (Phi) is 4.01. The molecule has 2 N–H and O–H groups in total. The molecule has 1 aromatic carbocycles. The summed E-state index contributed by atoms with van der Waals surface area (Å²) in [6.07, 6.45) is -0.905. The molecule has 0 spiro atoms.